The highest BCUT2D eigenvalue weighted by Gasteiger charge is 2.29. The highest BCUT2D eigenvalue weighted by Crippen LogP contribution is 2.19. The molecule has 0 unspecified atom stereocenters. The molecule has 0 amide bonds. The molecule has 1 fully saturated rings. The Hall–Kier alpha value is -1.19. The number of nitrogens with zero attached hydrogens (tertiary/aromatic N) is 2. The molecule has 1 N–H and O–H groups in total. The van der Waals surface area contributed by atoms with Gasteiger partial charge in [0.1, 0.15) is 5.82 Å². The van der Waals surface area contributed by atoms with E-state index in [0.717, 1.165) is 0 Å². The molecule has 2 heterocycles. The van der Waals surface area contributed by atoms with Crippen LogP contribution in [0.1, 0.15) is 6.42 Å². The summed E-state index contributed by atoms with van der Waals surface area (Å²) >= 11 is 0. The van der Waals surface area contributed by atoms with Crippen LogP contribution < -0.4 is 5.32 Å². The standard InChI is InChI=1S/C11H17N3O4S2/c1-12-11-9-10(3-4-13-11)20(17,18)14-5-2-7-19(15,16)8-6-14/h3-4,9H,2,5-8H2,1H3,(H,12,13). The van der Waals surface area contributed by atoms with E-state index in [1.807, 2.05) is 0 Å². The van der Waals surface area contributed by atoms with Crippen LogP contribution in [0.2, 0.25) is 0 Å². The van der Waals surface area contributed by atoms with Crippen molar-refractivity contribution >= 4 is 25.7 Å². The Morgan fingerprint density at radius 2 is 2.05 bits per heavy atom. The smallest absolute Gasteiger partial charge is 0.243 e. The van der Waals surface area contributed by atoms with E-state index in [1.165, 1.54) is 22.6 Å². The molecule has 0 spiro atoms. The van der Waals surface area contributed by atoms with Crippen LogP contribution in [-0.2, 0) is 19.9 Å². The van der Waals surface area contributed by atoms with Crippen LogP contribution in [0.5, 0.6) is 0 Å². The molecule has 9 heteroatoms. The summed E-state index contributed by atoms with van der Waals surface area (Å²) in [7, 11) is -5.17. The Labute approximate surface area is 119 Å². The number of sulfonamides is 1. The van der Waals surface area contributed by atoms with Crippen LogP contribution in [0.25, 0.3) is 0 Å². The van der Waals surface area contributed by atoms with Gasteiger partial charge in [0.15, 0.2) is 9.84 Å². The van der Waals surface area contributed by atoms with Crippen molar-refractivity contribution in [3.8, 4) is 0 Å². The average molecular weight is 319 g/mol. The number of pyridine rings is 1. The molecule has 0 aromatic carbocycles. The molecule has 1 saturated heterocycles. The Balaban J connectivity index is 2.30. The highest BCUT2D eigenvalue weighted by atomic mass is 32.2. The SMILES string of the molecule is CNc1cc(S(=O)(=O)N2CCCS(=O)(=O)CC2)ccn1. The maximum Gasteiger partial charge on any atom is 0.243 e. The van der Waals surface area contributed by atoms with E-state index in [0.29, 0.717) is 12.2 Å². The summed E-state index contributed by atoms with van der Waals surface area (Å²) in [4.78, 5) is 4.09. The maximum absolute atomic E-state index is 12.5. The largest absolute Gasteiger partial charge is 0.373 e. The Morgan fingerprint density at radius 3 is 2.75 bits per heavy atom. The van der Waals surface area contributed by atoms with E-state index < -0.39 is 19.9 Å². The zero-order valence-electron chi connectivity index (χ0n) is 11.1. The third-order valence-corrected chi connectivity index (χ3v) is 6.75. The summed E-state index contributed by atoms with van der Waals surface area (Å²) in [5.74, 6) is 0.362. The van der Waals surface area contributed by atoms with Crippen molar-refractivity contribution < 1.29 is 16.8 Å². The van der Waals surface area contributed by atoms with Gasteiger partial charge < -0.3 is 5.32 Å². The molecular formula is C11H17N3O4S2. The number of sulfone groups is 1. The van der Waals surface area contributed by atoms with Crippen molar-refractivity contribution in [2.45, 2.75) is 11.3 Å². The first-order chi connectivity index (χ1) is 9.35. The fourth-order valence-electron chi connectivity index (χ4n) is 2.01. The molecule has 1 aromatic rings. The molecule has 1 aliphatic heterocycles. The summed E-state index contributed by atoms with van der Waals surface area (Å²) < 4.78 is 49.3. The zero-order valence-corrected chi connectivity index (χ0v) is 12.7. The second kappa shape index (κ2) is 5.66. The Kier molecular flexibility index (Phi) is 4.31. The summed E-state index contributed by atoms with van der Waals surface area (Å²) in [6.45, 7) is 0.223. The summed E-state index contributed by atoms with van der Waals surface area (Å²) in [6, 6.07) is 2.85. The number of rotatable bonds is 3. The fraction of sp³-hybridized carbons (Fsp3) is 0.545. The minimum atomic E-state index is -3.68. The van der Waals surface area contributed by atoms with Crippen LogP contribution >= 0.6 is 0 Å². The molecule has 0 saturated carbocycles. The van der Waals surface area contributed by atoms with Crippen molar-refractivity contribution in [2.75, 3.05) is 37.0 Å². The molecule has 1 aliphatic rings. The molecule has 2 rings (SSSR count). The Morgan fingerprint density at radius 1 is 1.30 bits per heavy atom. The van der Waals surface area contributed by atoms with Gasteiger partial charge in [0.25, 0.3) is 0 Å². The lowest BCUT2D eigenvalue weighted by Gasteiger charge is -2.19. The van der Waals surface area contributed by atoms with Gasteiger partial charge in [0.2, 0.25) is 10.0 Å². The van der Waals surface area contributed by atoms with Crippen LogP contribution in [0.3, 0.4) is 0 Å². The predicted octanol–water partition coefficient (Wildman–Crippen LogP) is -0.0675. The highest BCUT2D eigenvalue weighted by molar-refractivity contribution is 7.91. The predicted molar refractivity (Wildman–Crippen MR) is 75.8 cm³/mol. The van der Waals surface area contributed by atoms with Gasteiger partial charge in [-0.2, -0.15) is 4.31 Å². The molecule has 0 atom stereocenters. The second-order valence-corrected chi connectivity index (χ2v) is 8.78. The first-order valence-corrected chi connectivity index (χ1v) is 9.46. The van der Waals surface area contributed by atoms with Crippen molar-refractivity contribution in [1.29, 1.82) is 0 Å². The lowest BCUT2D eigenvalue weighted by atomic mass is 10.5. The second-order valence-electron chi connectivity index (χ2n) is 4.54. The van der Waals surface area contributed by atoms with Crippen molar-refractivity contribution in [2.24, 2.45) is 0 Å². The lowest BCUT2D eigenvalue weighted by molar-refractivity contribution is 0.434. The molecule has 0 aliphatic carbocycles. The quantitative estimate of drug-likeness (QED) is 0.838. The fourth-order valence-corrected chi connectivity index (χ4v) is 4.89. The summed E-state index contributed by atoms with van der Waals surface area (Å²) in [5, 5.41) is 2.78. The first kappa shape index (κ1) is 15.2. The van der Waals surface area contributed by atoms with Gasteiger partial charge in [-0.15, -0.1) is 0 Å². The molecule has 1 aromatic heterocycles. The maximum atomic E-state index is 12.5. The third-order valence-electron chi connectivity index (χ3n) is 3.14. The van der Waals surface area contributed by atoms with Gasteiger partial charge in [-0.05, 0) is 12.5 Å². The molecule has 0 bridgehead atoms. The normalized spacial score (nSPS) is 20.2. The molecule has 112 valence electrons. The summed E-state index contributed by atoms with van der Waals surface area (Å²) in [6.07, 6.45) is 1.73. The van der Waals surface area contributed by atoms with Crippen LogP contribution in [0.15, 0.2) is 23.2 Å². The van der Waals surface area contributed by atoms with Crippen molar-refractivity contribution in [1.82, 2.24) is 9.29 Å². The summed E-state index contributed by atoms with van der Waals surface area (Å²) in [5.41, 5.74) is 0. The molecular weight excluding hydrogens is 302 g/mol. The average Bonchev–Trinajstić information content (AvgIpc) is 2.60. The van der Waals surface area contributed by atoms with Crippen LogP contribution in [0.4, 0.5) is 5.82 Å². The van der Waals surface area contributed by atoms with Gasteiger partial charge in [-0.25, -0.2) is 21.8 Å². The third kappa shape index (κ3) is 3.28. The van der Waals surface area contributed by atoms with E-state index in [9.17, 15) is 16.8 Å². The Bertz CT molecular complexity index is 685. The van der Waals surface area contributed by atoms with Gasteiger partial charge in [0, 0.05) is 32.4 Å². The molecule has 0 radical (unpaired) electrons. The number of aromatic nitrogens is 1. The number of hydrogen-bond acceptors (Lipinski definition) is 6. The van der Waals surface area contributed by atoms with E-state index in [2.05, 4.69) is 10.3 Å². The van der Waals surface area contributed by atoms with E-state index in [-0.39, 0.29) is 29.5 Å². The number of anilines is 1. The van der Waals surface area contributed by atoms with Gasteiger partial charge >= 0.3 is 0 Å². The minimum Gasteiger partial charge on any atom is -0.373 e. The van der Waals surface area contributed by atoms with Gasteiger partial charge in [0.05, 0.1) is 16.4 Å². The van der Waals surface area contributed by atoms with Gasteiger partial charge in [-0.1, -0.05) is 0 Å². The minimum absolute atomic E-state index is 0.00186. The van der Waals surface area contributed by atoms with Crippen molar-refractivity contribution in [3.63, 3.8) is 0 Å². The van der Waals surface area contributed by atoms with Crippen molar-refractivity contribution in [3.05, 3.63) is 18.3 Å². The van der Waals surface area contributed by atoms with Crippen LogP contribution in [0, 0.1) is 0 Å². The van der Waals surface area contributed by atoms with Crippen LogP contribution in [-0.4, -0.2) is 57.8 Å². The first-order valence-electron chi connectivity index (χ1n) is 6.19. The molecule has 20 heavy (non-hydrogen) atoms. The van der Waals surface area contributed by atoms with Gasteiger partial charge in [-0.3, -0.25) is 0 Å². The van der Waals surface area contributed by atoms with E-state index >= 15 is 0 Å². The lowest BCUT2D eigenvalue weighted by Crippen LogP contribution is -2.33. The monoisotopic (exact) mass is 319 g/mol. The molecule has 7 nitrogen and oxygen atoms in total. The number of hydrogen-bond donors (Lipinski definition) is 1. The zero-order chi connectivity index (χ0) is 14.8. The van der Waals surface area contributed by atoms with E-state index in [4.69, 9.17) is 0 Å². The van der Waals surface area contributed by atoms with E-state index in [1.54, 1.807) is 7.05 Å². The number of nitrogens with one attached hydrogen (secondary N) is 1. The topological polar surface area (TPSA) is 96.4 Å².